The molecule has 58 heavy (non-hydrogen) atoms. The number of nitrogens with one attached hydrogen (secondary N) is 2. The summed E-state index contributed by atoms with van der Waals surface area (Å²) in [7, 11) is 1.68. The summed E-state index contributed by atoms with van der Waals surface area (Å²) in [5.74, 6) is -1.55. The number of likely N-dealkylation sites (tertiary alicyclic amines) is 1. The zero-order valence-electron chi connectivity index (χ0n) is 34.5. The quantitative estimate of drug-likeness (QED) is 0.195. The maximum absolute atomic E-state index is 14.5. The molecule has 3 aliphatic heterocycles. The lowest BCUT2D eigenvalue weighted by molar-refractivity contribution is -0.155. The monoisotopic (exact) mass is 792 g/mol. The fourth-order valence-electron chi connectivity index (χ4n) is 8.96. The molecule has 0 saturated carbocycles. The summed E-state index contributed by atoms with van der Waals surface area (Å²) < 4.78 is 14.0. The molecule has 308 valence electrons. The van der Waals surface area contributed by atoms with E-state index in [1.54, 1.807) is 30.3 Å². The highest BCUT2D eigenvalue weighted by atomic mass is 16.5. The first-order chi connectivity index (χ1) is 27.8. The second kappa shape index (κ2) is 16.9. The SMILES string of the molecule is CCn1c(-c2cnccc2COC)c2c3cc(ccc31)-c1cc(O)cc(c1)C[C@H](NC(=O)[C@H](C(C)C)N1CCCC1=O)C(=O)N1CCC[C@H](N1)C(=O)OCC(C)(C)C2. The predicted octanol–water partition coefficient (Wildman–Crippen LogP) is 5.54. The summed E-state index contributed by atoms with van der Waals surface area (Å²) in [5, 5.41) is 16.6. The van der Waals surface area contributed by atoms with Gasteiger partial charge >= 0.3 is 5.97 Å². The maximum atomic E-state index is 14.5. The first-order valence-electron chi connectivity index (χ1n) is 20.5. The molecule has 2 aromatic carbocycles. The molecule has 0 radical (unpaired) electrons. The normalized spacial score (nSPS) is 20.6. The number of esters is 1. The Hall–Kier alpha value is -5.27. The van der Waals surface area contributed by atoms with E-state index in [0.29, 0.717) is 63.9 Å². The number of carbonyl (C=O) groups is 4. The van der Waals surface area contributed by atoms with E-state index in [2.05, 4.69) is 53.2 Å². The molecule has 3 amide bonds. The molecule has 13 nitrogen and oxygen atoms in total. The van der Waals surface area contributed by atoms with E-state index in [4.69, 9.17) is 9.47 Å². The van der Waals surface area contributed by atoms with Crippen LogP contribution in [0, 0.1) is 11.3 Å². The van der Waals surface area contributed by atoms with Crippen LogP contribution >= 0.6 is 0 Å². The lowest BCUT2D eigenvalue weighted by Gasteiger charge is -2.36. The topological polar surface area (TPSA) is 155 Å². The van der Waals surface area contributed by atoms with Crippen LogP contribution in [-0.2, 0) is 54.6 Å². The number of hydrogen-bond donors (Lipinski definition) is 3. The number of fused-ring (bicyclic) bond motifs is 6. The van der Waals surface area contributed by atoms with Crippen molar-refractivity contribution in [1.82, 2.24) is 30.2 Å². The number of pyridine rings is 1. The van der Waals surface area contributed by atoms with Gasteiger partial charge in [-0.3, -0.25) is 29.2 Å². The third kappa shape index (κ3) is 8.33. The number of phenolic OH excluding ortho intramolecular Hbond substituents is 1. The summed E-state index contributed by atoms with van der Waals surface area (Å²) in [4.78, 5) is 61.3. The van der Waals surface area contributed by atoms with Crippen molar-refractivity contribution >= 4 is 34.6 Å². The summed E-state index contributed by atoms with van der Waals surface area (Å²) in [5.41, 5.74) is 9.96. The number of methoxy groups -OCH3 is 1. The number of aromatic hydroxyl groups is 1. The third-order valence-electron chi connectivity index (χ3n) is 11.7. The molecule has 3 aliphatic rings. The van der Waals surface area contributed by atoms with Gasteiger partial charge in [-0.15, -0.1) is 0 Å². The van der Waals surface area contributed by atoms with Crippen molar-refractivity contribution in [3.05, 3.63) is 71.5 Å². The fraction of sp³-hybridized carbons (Fsp3) is 0.489. The number of amides is 3. The van der Waals surface area contributed by atoms with Gasteiger partial charge in [0.25, 0.3) is 5.91 Å². The third-order valence-corrected chi connectivity index (χ3v) is 11.7. The second-order valence-corrected chi connectivity index (χ2v) is 17.1. The van der Waals surface area contributed by atoms with E-state index in [1.807, 2.05) is 38.2 Å². The predicted molar refractivity (Wildman–Crippen MR) is 220 cm³/mol. The largest absolute Gasteiger partial charge is 0.508 e. The highest BCUT2D eigenvalue weighted by Crippen LogP contribution is 2.41. The average molecular weight is 793 g/mol. The van der Waals surface area contributed by atoms with Crippen LogP contribution in [0.1, 0.15) is 77.0 Å². The molecule has 7 rings (SSSR count). The van der Waals surface area contributed by atoms with Crippen molar-refractivity contribution in [3.63, 3.8) is 0 Å². The van der Waals surface area contributed by atoms with E-state index >= 15 is 0 Å². The van der Waals surface area contributed by atoms with Crippen molar-refractivity contribution in [2.75, 3.05) is 26.8 Å². The van der Waals surface area contributed by atoms with Gasteiger partial charge in [-0.1, -0.05) is 39.8 Å². The van der Waals surface area contributed by atoms with Gasteiger partial charge in [0.2, 0.25) is 11.8 Å². The van der Waals surface area contributed by atoms with Crippen LogP contribution < -0.4 is 10.7 Å². The minimum Gasteiger partial charge on any atom is -0.508 e. The molecule has 3 atom stereocenters. The molecule has 2 saturated heterocycles. The van der Waals surface area contributed by atoms with Gasteiger partial charge in [0.05, 0.1) is 18.9 Å². The molecule has 4 aromatic rings. The lowest BCUT2D eigenvalue weighted by Crippen LogP contribution is -2.62. The van der Waals surface area contributed by atoms with Gasteiger partial charge in [0.1, 0.15) is 23.9 Å². The Morgan fingerprint density at radius 3 is 2.62 bits per heavy atom. The molecular weight excluding hydrogens is 737 g/mol. The number of hydrazine groups is 1. The molecule has 13 heteroatoms. The number of hydrogen-bond acceptors (Lipinski definition) is 9. The van der Waals surface area contributed by atoms with E-state index < -0.39 is 41.3 Å². The number of benzene rings is 2. The molecule has 2 aromatic heterocycles. The number of ether oxygens (including phenoxy) is 2. The van der Waals surface area contributed by atoms with E-state index in [1.165, 1.54) is 5.01 Å². The van der Waals surface area contributed by atoms with Crippen LogP contribution in [0.4, 0.5) is 0 Å². The highest BCUT2D eigenvalue weighted by Gasteiger charge is 2.39. The number of cyclic esters (lactones) is 1. The van der Waals surface area contributed by atoms with Crippen LogP contribution in [0.3, 0.4) is 0 Å². The highest BCUT2D eigenvalue weighted by molar-refractivity contribution is 5.96. The molecule has 0 aliphatic carbocycles. The molecule has 0 unspecified atom stereocenters. The Labute approximate surface area is 340 Å². The van der Waals surface area contributed by atoms with Gasteiger partial charge < -0.3 is 29.4 Å². The molecule has 2 fully saturated rings. The van der Waals surface area contributed by atoms with Crippen molar-refractivity contribution in [2.24, 2.45) is 11.3 Å². The van der Waals surface area contributed by atoms with Gasteiger partial charge in [0.15, 0.2) is 0 Å². The minimum absolute atomic E-state index is 0.0221. The van der Waals surface area contributed by atoms with Gasteiger partial charge in [0, 0.05) is 73.9 Å². The molecule has 0 spiro atoms. The van der Waals surface area contributed by atoms with Crippen LogP contribution in [-0.4, -0.2) is 93.2 Å². The zero-order chi connectivity index (χ0) is 41.3. The number of phenols is 1. The van der Waals surface area contributed by atoms with Crippen molar-refractivity contribution in [1.29, 1.82) is 0 Å². The standard InChI is InChI=1S/C45H56N6O7/c1-7-49-38-13-12-29-22-33(38)34(41(49)35-24-46-15-14-30(35)25-57-6)23-45(4,5)26-58-44(56)36-10-8-17-51(48-36)43(55)37(20-28-18-31(29)21-32(52)19-28)47-42(54)40(27(2)3)50-16-9-11-39(50)53/h12-15,18-19,21-22,24,27,36-37,40,48,52H,7-11,16-17,20,23,25-26H2,1-6H3,(H,47,54)/t36-,37-,40-/m0/s1. The Kier molecular flexibility index (Phi) is 11.9. The van der Waals surface area contributed by atoms with E-state index in [-0.39, 0.29) is 30.6 Å². The fourth-order valence-corrected chi connectivity index (χ4v) is 8.96. The number of nitrogens with zero attached hydrogens (tertiary/aromatic N) is 4. The maximum Gasteiger partial charge on any atom is 0.324 e. The van der Waals surface area contributed by atoms with E-state index in [9.17, 15) is 24.3 Å². The Bertz CT molecular complexity index is 2210. The van der Waals surface area contributed by atoms with Gasteiger partial charge in [-0.25, -0.2) is 5.43 Å². The molecule has 3 N–H and O–H groups in total. The zero-order valence-corrected chi connectivity index (χ0v) is 34.5. The van der Waals surface area contributed by atoms with Crippen LogP contribution in [0.15, 0.2) is 54.9 Å². The van der Waals surface area contributed by atoms with Crippen molar-refractivity contribution in [3.8, 4) is 28.1 Å². The number of rotatable bonds is 8. The first-order valence-corrected chi connectivity index (χ1v) is 20.5. The summed E-state index contributed by atoms with van der Waals surface area (Å²) >= 11 is 0. The summed E-state index contributed by atoms with van der Waals surface area (Å²) in [6, 6.07) is 10.9. The van der Waals surface area contributed by atoms with Crippen molar-refractivity contribution in [2.45, 2.75) is 104 Å². The number of aryl methyl sites for hydroxylation is 1. The molecular formula is C45H56N6O7. The second-order valence-electron chi connectivity index (χ2n) is 17.1. The van der Waals surface area contributed by atoms with Crippen molar-refractivity contribution < 1.29 is 33.8 Å². The average Bonchev–Trinajstić information content (AvgIpc) is 3.75. The Morgan fingerprint density at radius 1 is 1.09 bits per heavy atom. The summed E-state index contributed by atoms with van der Waals surface area (Å²) in [6.45, 7) is 12.1. The smallest absolute Gasteiger partial charge is 0.324 e. The Morgan fingerprint density at radius 2 is 1.90 bits per heavy atom. The van der Waals surface area contributed by atoms with Gasteiger partial charge in [-0.2, -0.15) is 0 Å². The van der Waals surface area contributed by atoms with Crippen LogP contribution in [0.2, 0.25) is 0 Å². The first kappa shape index (κ1) is 40.9. The van der Waals surface area contributed by atoms with Crippen LogP contribution in [0.25, 0.3) is 33.3 Å². The minimum atomic E-state index is -1.07. The van der Waals surface area contributed by atoms with Gasteiger partial charge in [-0.05, 0) is 96.7 Å². The van der Waals surface area contributed by atoms with E-state index in [0.717, 1.165) is 44.4 Å². The number of carbonyl (C=O) groups excluding carboxylic acids is 4. The summed E-state index contributed by atoms with van der Waals surface area (Å²) in [6.07, 6.45) is 6.36. The van der Waals surface area contributed by atoms with Crippen LogP contribution in [0.5, 0.6) is 5.75 Å². The number of aromatic nitrogens is 2. The molecule has 5 heterocycles. The Balaban J connectivity index is 1.36. The lowest BCUT2D eigenvalue weighted by atomic mass is 9.84. The molecule has 6 bridgehead atoms.